The lowest BCUT2D eigenvalue weighted by molar-refractivity contribution is -0.134. The Balaban J connectivity index is 1.50. The van der Waals surface area contributed by atoms with Crippen LogP contribution >= 0.6 is 0 Å². The molecular formula is C24H29FN4O2. The number of aryl methyl sites for hydroxylation is 1. The fraction of sp³-hybridized carbons (Fsp3) is 0.500. The molecular weight excluding hydrogens is 395 g/mol. The van der Waals surface area contributed by atoms with E-state index < -0.39 is 0 Å². The quantitative estimate of drug-likeness (QED) is 0.748. The van der Waals surface area contributed by atoms with Crippen LogP contribution in [0.2, 0.25) is 0 Å². The van der Waals surface area contributed by atoms with E-state index in [-0.39, 0.29) is 30.1 Å². The minimum atomic E-state index is -0.310. The second-order valence-corrected chi connectivity index (χ2v) is 8.48. The SMILES string of the molecule is Cc1nc([C@H]2CCCCN2C(=O)Cc2ccc(F)cc2)ncc1C(=O)N1CCCCC1. The first kappa shape index (κ1) is 21.4. The molecule has 2 aliphatic heterocycles. The maximum Gasteiger partial charge on any atom is 0.257 e. The summed E-state index contributed by atoms with van der Waals surface area (Å²) >= 11 is 0. The fourth-order valence-electron chi connectivity index (χ4n) is 4.50. The van der Waals surface area contributed by atoms with Gasteiger partial charge in [0.1, 0.15) is 5.82 Å². The van der Waals surface area contributed by atoms with Gasteiger partial charge in [-0.15, -0.1) is 0 Å². The Morgan fingerprint density at radius 1 is 1.03 bits per heavy atom. The zero-order valence-electron chi connectivity index (χ0n) is 18.0. The van der Waals surface area contributed by atoms with Gasteiger partial charge < -0.3 is 9.80 Å². The molecule has 2 aromatic rings. The predicted octanol–water partition coefficient (Wildman–Crippen LogP) is 3.85. The van der Waals surface area contributed by atoms with E-state index >= 15 is 0 Å². The van der Waals surface area contributed by atoms with Gasteiger partial charge in [-0.1, -0.05) is 12.1 Å². The van der Waals surface area contributed by atoms with Crippen LogP contribution in [0.15, 0.2) is 30.5 Å². The van der Waals surface area contributed by atoms with Gasteiger partial charge >= 0.3 is 0 Å². The smallest absolute Gasteiger partial charge is 0.257 e. The van der Waals surface area contributed by atoms with Gasteiger partial charge in [-0.2, -0.15) is 0 Å². The van der Waals surface area contributed by atoms with Crippen LogP contribution < -0.4 is 0 Å². The predicted molar refractivity (Wildman–Crippen MR) is 115 cm³/mol. The highest BCUT2D eigenvalue weighted by atomic mass is 19.1. The van der Waals surface area contributed by atoms with Gasteiger partial charge in [0, 0.05) is 25.8 Å². The van der Waals surface area contributed by atoms with E-state index in [1.165, 1.54) is 18.6 Å². The van der Waals surface area contributed by atoms with Crippen molar-refractivity contribution in [1.82, 2.24) is 19.8 Å². The molecule has 2 fully saturated rings. The highest BCUT2D eigenvalue weighted by molar-refractivity contribution is 5.95. The topological polar surface area (TPSA) is 66.4 Å². The zero-order valence-corrected chi connectivity index (χ0v) is 18.0. The number of likely N-dealkylation sites (tertiary alicyclic amines) is 2. The number of rotatable bonds is 4. The molecule has 1 atom stereocenters. The Morgan fingerprint density at radius 3 is 2.45 bits per heavy atom. The van der Waals surface area contributed by atoms with Gasteiger partial charge in [0.05, 0.1) is 23.7 Å². The van der Waals surface area contributed by atoms with E-state index in [4.69, 9.17) is 0 Å². The molecule has 1 aromatic carbocycles. The van der Waals surface area contributed by atoms with Crippen molar-refractivity contribution in [3.05, 3.63) is 58.9 Å². The minimum absolute atomic E-state index is 0.00311. The third-order valence-electron chi connectivity index (χ3n) is 6.26. The molecule has 0 N–H and O–H groups in total. The number of hydrogen-bond acceptors (Lipinski definition) is 4. The van der Waals surface area contributed by atoms with Crippen LogP contribution in [0.3, 0.4) is 0 Å². The minimum Gasteiger partial charge on any atom is -0.339 e. The average molecular weight is 425 g/mol. The molecule has 2 saturated heterocycles. The van der Waals surface area contributed by atoms with Crippen molar-refractivity contribution in [2.24, 2.45) is 0 Å². The lowest BCUT2D eigenvalue weighted by atomic mass is 9.99. The first-order valence-corrected chi connectivity index (χ1v) is 11.2. The third kappa shape index (κ3) is 4.92. The van der Waals surface area contributed by atoms with Crippen molar-refractivity contribution in [2.75, 3.05) is 19.6 Å². The Hall–Kier alpha value is -2.83. The van der Waals surface area contributed by atoms with E-state index in [2.05, 4.69) is 9.97 Å². The van der Waals surface area contributed by atoms with Crippen LogP contribution in [0.1, 0.15) is 72.0 Å². The summed E-state index contributed by atoms with van der Waals surface area (Å²) in [7, 11) is 0. The largest absolute Gasteiger partial charge is 0.339 e. The molecule has 4 rings (SSSR count). The average Bonchev–Trinajstić information content (AvgIpc) is 2.80. The van der Waals surface area contributed by atoms with E-state index in [0.29, 0.717) is 23.6 Å². The molecule has 6 nitrogen and oxygen atoms in total. The van der Waals surface area contributed by atoms with Crippen molar-refractivity contribution in [2.45, 2.75) is 57.9 Å². The summed E-state index contributed by atoms with van der Waals surface area (Å²) in [5, 5.41) is 0. The number of carbonyl (C=O) groups is 2. The standard InChI is InChI=1S/C24H29FN4O2/c1-17-20(24(31)28-12-4-2-5-13-28)16-26-23(27-17)21-7-3-6-14-29(21)22(30)15-18-8-10-19(25)11-9-18/h8-11,16,21H,2-7,12-15H2,1H3/t21-/m1/s1. The maximum atomic E-state index is 13.2. The number of benzene rings is 1. The van der Waals surface area contributed by atoms with Crippen LogP contribution in [0.4, 0.5) is 4.39 Å². The van der Waals surface area contributed by atoms with Crippen LogP contribution in [0.5, 0.6) is 0 Å². The van der Waals surface area contributed by atoms with E-state index in [1.807, 2.05) is 16.7 Å². The van der Waals surface area contributed by atoms with Crippen molar-refractivity contribution >= 4 is 11.8 Å². The molecule has 0 spiro atoms. The van der Waals surface area contributed by atoms with Crippen molar-refractivity contribution in [3.63, 3.8) is 0 Å². The molecule has 164 valence electrons. The van der Waals surface area contributed by atoms with Crippen LogP contribution in [-0.2, 0) is 11.2 Å². The van der Waals surface area contributed by atoms with Crippen LogP contribution in [0, 0.1) is 12.7 Å². The monoisotopic (exact) mass is 424 g/mol. The van der Waals surface area contributed by atoms with Crippen molar-refractivity contribution < 1.29 is 14.0 Å². The molecule has 0 aliphatic carbocycles. The normalized spacial score (nSPS) is 19.4. The summed E-state index contributed by atoms with van der Waals surface area (Å²) in [6.45, 7) is 4.07. The first-order valence-electron chi connectivity index (χ1n) is 11.2. The number of amides is 2. The zero-order chi connectivity index (χ0) is 21.8. The van der Waals surface area contributed by atoms with E-state index in [9.17, 15) is 14.0 Å². The lowest BCUT2D eigenvalue weighted by Crippen LogP contribution is -2.40. The summed E-state index contributed by atoms with van der Waals surface area (Å²) in [5.74, 6) is 0.276. The summed E-state index contributed by atoms with van der Waals surface area (Å²) in [6, 6.07) is 5.85. The summed E-state index contributed by atoms with van der Waals surface area (Å²) in [6.07, 6.45) is 7.84. The summed E-state index contributed by atoms with van der Waals surface area (Å²) in [4.78, 5) is 38.8. The second-order valence-electron chi connectivity index (χ2n) is 8.48. The third-order valence-corrected chi connectivity index (χ3v) is 6.26. The van der Waals surface area contributed by atoms with Crippen molar-refractivity contribution in [1.29, 1.82) is 0 Å². The van der Waals surface area contributed by atoms with Gasteiger partial charge in [0.25, 0.3) is 5.91 Å². The van der Waals surface area contributed by atoms with Gasteiger partial charge in [-0.25, -0.2) is 14.4 Å². The Labute approximate surface area is 182 Å². The molecule has 2 amide bonds. The molecule has 0 saturated carbocycles. The summed E-state index contributed by atoms with van der Waals surface area (Å²) < 4.78 is 13.2. The highest BCUT2D eigenvalue weighted by Crippen LogP contribution is 2.30. The fourth-order valence-corrected chi connectivity index (χ4v) is 4.50. The molecule has 0 bridgehead atoms. The molecule has 3 heterocycles. The molecule has 0 unspecified atom stereocenters. The molecule has 2 aliphatic rings. The first-order chi connectivity index (χ1) is 15.0. The Kier molecular flexibility index (Phi) is 6.59. The molecule has 7 heteroatoms. The van der Waals surface area contributed by atoms with Gasteiger partial charge in [0.15, 0.2) is 5.82 Å². The van der Waals surface area contributed by atoms with Gasteiger partial charge in [-0.05, 0) is 63.1 Å². The number of piperidine rings is 2. The lowest BCUT2D eigenvalue weighted by Gasteiger charge is -2.35. The number of carbonyl (C=O) groups excluding carboxylic acids is 2. The number of nitrogens with zero attached hydrogens (tertiary/aromatic N) is 4. The van der Waals surface area contributed by atoms with Crippen LogP contribution in [0.25, 0.3) is 0 Å². The second kappa shape index (κ2) is 9.54. The van der Waals surface area contributed by atoms with Crippen molar-refractivity contribution in [3.8, 4) is 0 Å². The highest BCUT2D eigenvalue weighted by Gasteiger charge is 2.31. The van der Waals surface area contributed by atoms with E-state index in [1.54, 1.807) is 18.3 Å². The Bertz CT molecular complexity index is 941. The Morgan fingerprint density at radius 2 is 1.74 bits per heavy atom. The van der Waals surface area contributed by atoms with Gasteiger partial charge in [0.2, 0.25) is 5.91 Å². The summed E-state index contributed by atoms with van der Waals surface area (Å²) in [5.41, 5.74) is 2.00. The molecule has 1 aromatic heterocycles. The van der Waals surface area contributed by atoms with E-state index in [0.717, 1.165) is 50.8 Å². The van der Waals surface area contributed by atoms with Gasteiger partial charge in [-0.3, -0.25) is 9.59 Å². The number of aromatic nitrogens is 2. The number of halogens is 1. The molecule has 0 radical (unpaired) electrons. The van der Waals surface area contributed by atoms with Crippen LogP contribution in [-0.4, -0.2) is 51.2 Å². The number of hydrogen-bond donors (Lipinski definition) is 0. The maximum absolute atomic E-state index is 13.2. The molecule has 31 heavy (non-hydrogen) atoms.